The van der Waals surface area contributed by atoms with E-state index in [4.69, 9.17) is 4.74 Å². The molecule has 0 radical (unpaired) electrons. The second-order valence-electron chi connectivity index (χ2n) is 7.26. The van der Waals surface area contributed by atoms with Gasteiger partial charge in [-0.25, -0.2) is 0 Å². The third-order valence-corrected chi connectivity index (χ3v) is 5.40. The summed E-state index contributed by atoms with van der Waals surface area (Å²) in [6, 6.07) is 0. The molecule has 0 aromatic carbocycles. The van der Waals surface area contributed by atoms with E-state index in [-0.39, 0.29) is 0 Å². The van der Waals surface area contributed by atoms with Gasteiger partial charge >= 0.3 is 0 Å². The van der Waals surface area contributed by atoms with E-state index in [1.165, 1.54) is 83.5 Å². The van der Waals surface area contributed by atoms with Crippen LogP contribution in [0.4, 0.5) is 0 Å². The van der Waals surface area contributed by atoms with E-state index in [0.29, 0.717) is 17.6 Å². The molecule has 1 saturated carbocycles. The molecule has 1 aliphatic carbocycles. The predicted molar refractivity (Wildman–Crippen MR) is 82.5 cm³/mol. The molecule has 2 fully saturated rings. The third-order valence-electron chi connectivity index (χ3n) is 5.40. The van der Waals surface area contributed by atoms with Crippen molar-refractivity contribution in [2.75, 3.05) is 0 Å². The van der Waals surface area contributed by atoms with Crippen LogP contribution < -0.4 is 0 Å². The molecular formula is C18H34O. The van der Waals surface area contributed by atoms with Gasteiger partial charge in [-0.05, 0) is 31.1 Å². The summed E-state index contributed by atoms with van der Waals surface area (Å²) in [6.45, 7) is 4.80. The molecule has 0 N–H and O–H groups in total. The summed E-state index contributed by atoms with van der Waals surface area (Å²) in [5, 5.41) is 0. The van der Waals surface area contributed by atoms with Crippen LogP contribution in [0, 0.1) is 5.41 Å². The summed E-state index contributed by atoms with van der Waals surface area (Å²) in [7, 11) is 0. The van der Waals surface area contributed by atoms with Crippen LogP contribution in [0.2, 0.25) is 0 Å². The quantitative estimate of drug-likeness (QED) is 0.608. The zero-order chi connectivity index (χ0) is 13.6. The van der Waals surface area contributed by atoms with E-state index < -0.39 is 0 Å². The van der Waals surface area contributed by atoms with Gasteiger partial charge in [0.05, 0.1) is 12.2 Å². The molecule has 2 aliphatic rings. The molecular weight excluding hydrogens is 232 g/mol. The first-order valence-electron chi connectivity index (χ1n) is 8.90. The van der Waals surface area contributed by atoms with Crippen molar-refractivity contribution in [3.8, 4) is 0 Å². The Hall–Kier alpha value is -0.0400. The Bertz CT molecular complexity index is 250. The van der Waals surface area contributed by atoms with Crippen LogP contribution in [0.15, 0.2) is 0 Å². The lowest BCUT2D eigenvalue weighted by atomic mass is 9.75. The van der Waals surface area contributed by atoms with Gasteiger partial charge in [-0.15, -0.1) is 0 Å². The highest BCUT2D eigenvalue weighted by molar-refractivity contribution is 4.92. The molecule has 3 unspecified atom stereocenters. The lowest BCUT2D eigenvalue weighted by molar-refractivity contribution is 0.00291. The van der Waals surface area contributed by atoms with Crippen molar-refractivity contribution in [2.45, 2.75) is 110 Å². The van der Waals surface area contributed by atoms with Crippen LogP contribution in [0.3, 0.4) is 0 Å². The second-order valence-corrected chi connectivity index (χ2v) is 7.26. The number of rotatable bonds is 2. The van der Waals surface area contributed by atoms with Crippen LogP contribution in [-0.4, -0.2) is 12.2 Å². The summed E-state index contributed by atoms with van der Waals surface area (Å²) >= 11 is 0. The molecule has 2 rings (SSSR count). The molecule has 0 aromatic rings. The minimum absolute atomic E-state index is 0.485. The summed E-state index contributed by atoms with van der Waals surface area (Å²) in [5.74, 6) is 0. The molecule has 1 saturated heterocycles. The number of hydrogen-bond donors (Lipinski definition) is 0. The van der Waals surface area contributed by atoms with Gasteiger partial charge in [0.15, 0.2) is 0 Å². The zero-order valence-electron chi connectivity index (χ0n) is 13.3. The largest absolute Gasteiger partial charge is 0.374 e. The Morgan fingerprint density at radius 1 is 0.947 bits per heavy atom. The number of fused-ring (bicyclic) bond motifs is 1. The van der Waals surface area contributed by atoms with Crippen molar-refractivity contribution in [1.29, 1.82) is 0 Å². The fourth-order valence-corrected chi connectivity index (χ4v) is 4.19. The van der Waals surface area contributed by atoms with Gasteiger partial charge in [0.2, 0.25) is 0 Å². The first kappa shape index (κ1) is 15.4. The van der Waals surface area contributed by atoms with Crippen LogP contribution in [-0.2, 0) is 4.74 Å². The average Bonchev–Trinajstić information content (AvgIpc) is 2.67. The highest BCUT2D eigenvalue weighted by atomic mass is 16.5. The second kappa shape index (κ2) is 7.67. The smallest absolute Gasteiger partial charge is 0.0633 e. The maximum atomic E-state index is 6.41. The van der Waals surface area contributed by atoms with Crippen molar-refractivity contribution in [2.24, 2.45) is 5.41 Å². The van der Waals surface area contributed by atoms with Crippen molar-refractivity contribution in [3.63, 3.8) is 0 Å². The van der Waals surface area contributed by atoms with Gasteiger partial charge in [0.1, 0.15) is 0 Å². The molecule has 1 nitrogen and oxygen atoms in total. The predicted octanol–water partition coefficient (Wildman–Crippen LogP) is 5.86. The Morgan fingerprint density at radius 3 is 2.26 bits per heavy atom. The highest BCUT2D eigenvalue weighted by Crippen LogP contribution is 2.45. The molecule has 0 amide bonds. The highest BCUT2D eigenvalue weighted by Gasteiger charge is 2.43. The van der Waals surface area contributed by atoms with Gasteiger partial charge in [-0.2, -0.15) is 0 Å². The minimum Gasteiger partial charge on any atom is -0.374 e. The van der Waals surface area contributed by atoms with Crippen LogP contribution in [0.25, 0.3) is 0 Å². The molecule has 3 atom stereocenters. The van der Waals surface area contributed by atoms with Crippen molar-refractivity contribution in [3.05, 3.63) is 0 Å². The van der Waals surface area contributed by atoms with Gasteiger partial charge in [-0.1, -0.05) is 71.6 Å². The Balaban J connectivity index is 1.93. The van der Waals surface area contributed by atoms with Gasteiger partial charge in [0, 0.05) is 0 Å². The summed E-state index contributed by atoms with van der Waals surface area (Å²) < 4.78 is 6.41. The van der Waals surface area contributed by atoms with Gasteiger partial charge in [-0.3, -0.25) is 0 Å². The standard InChI is InChI=1S/C18H34O/c1-3-12-16-15-18(2)14-11-9-7-5-4-6-8-10-13-17(18)19-16/h16-17H,3-15H2,1-2H3. The first-order valence-corrected chi connectivity index (χ1v) is 8.90. The maximum absolute atomic E-state index is 6.41. The van der Waals surface area contributed by atoms with Gasteiger partial charge < -0.3 is 4.74 Å². The number of hydrogen-bond acceptors (Lipinski definition) is 1. The van der Waals surface area contributed by atoms with Crippen molar-refractivity contribution in [1.82, 2.24) is 0 Å². The van der Waals surface area contributed by atoms with Crippen LogP contribution in [0.5, 0.6) is 0 Å². The molecule has 0 aromatic heterocycles. The molecule has 0 spiro atoms. The maximum Gasteiger partial charge on any atom is 0.0633 e. The zero-order valence-corrected chi connectivity index (χ0v) is 13.3. The minimum atomic E-state index is 0.485. The van der Waals surface area contributed by atoms with Gasteiger partial charge in [0.25, 0.3) is 0 Å². The van der Waals surface area contributed by atoms with E-state index in [2.05, 4.69) is 13.8 Å². The molecule has 19 heavy (non-hydrogen) atoms. The van der Waals surface area contributed by atoms with Crippen LogP contribution in [0.1, 0.15) is 97.3 Å². The molecule has 1 aliphatic heterocycles. The monoisotopic (exact) mass is 266 g/mol. The Morgan fingerprint density at radius 2 is 1.58 bits per heavy atom. The lowest BCUT2D eigenvalue weighted by Crippen LogP contribution is -2.27. The normalized spacial score (nSPS) is 38.2. The molecule has 0 bridgehead atoms. The fourth-order valence-electron chi connectivity index (χ4n) is 4.19. The van der Waals surface area contributed by atoms with E-state index in [9.17, 15) is 0 Å². The summed E-state index contributed by atoms with van der Waals surface area (Å²) in [6.07, 6.45) is 19.2. The first-order chi connectivity index (χ1) is 9.24. The van der Waals surface area contributed by atoms with Crippen LogP contribution >= 0.6 is 0 Å². The third kappa shape index (κ3) is 4.48. The Labute approximate surface area is 120 Å². The number of ether oxygens (including phenoxy) is 1. The molecule has 1 heterocycles. The van der Waals surface area contributed by atoms with E-state index >= 15 is 0 Å². The Kier molecular flexibility index (Phi) is 6.19. The van der Waals surface area contributed by atoms with Crippen molar-refractivity contribution >= 4 is 0 Å². The van der Waals surface area contributed by atoms with E-state index in [1.807, 2.05) is 0 Å². The summed E-state index contributed by atoms with van der Waals surface area (Å²) in [4.78, 5) is 0. The average molecular weight is 266 g/mol. The SMILES string of the molecule is CCCC1CC2(C)CCCCCCCCCCC2O1. The van der Waals surface area contributed by atoms with E-state index in [1.54, 1.807) is 0 Å². The lowest BCUT2D eigenvalue weighted by Gasteiger charge is -2.30. The molecule has 1 heteroatoms. The topological polar surface area (TPSA) is 9.23 Å². The van der Waals surface area contributed by atoms with E-state index in [0.717, 1.165) is 0 Å². The molecule has 112 valence electrons. The fraction of sp³-hybridized carbons (Fsp3) is 1.00. The summed E-state index contributed by atoms with van der Waals surface area (Å²) in [5.41, 5.74) is 0.485. The van der Waals surface area contributed by atoms with Crippen molar-refractivity contribution < 1.29 is 4.74 Å².